The number of hydrogen-bond donors (Lipinski definition) is 6. The quantitative estimate of drug-likeness (QED) is 0.185. The summed E-state index contributed by atoms with van der Waals surface area (Å²) >= 11 is -4.98. The number of aromatic hydroxyl groups is 1. The Bertz CT molecular complexity index is 616. The van der Waals surface area contributed by atoms with E-state index in [1.165, 1.54) is 6.92 Å². The van der Waals surface area contributed by atoms with E-state index in [2.05, 4.69) is 5.32 Å². The van der Waals surface area contributed by atoms with Gasteiger partial charge in [0.1, 0.15) is 6.42 Å². The van der Waals surface area contributed by atoms with Crippen molar-refractivity contribution in [3.8, 4) is 5.75 Å². The van der Waals surface area contributed by atoms with Gasteiger partial charge in [0.2, 0.25) is 0 Å². The molecule has 0 aromatic heterocycles. The first-order chi connectivity index (χ1) is 9.93. The van der Waals surface area contributed by atoms with Gasteiger partial charge in [-0.05, 0) is 0 Å². The number of hydrogen-bond acceptors (Lipinski definition) is 5. The summed E-state index contributed by atoms with van der Waals surface area (Å²) in [6, 6.07) is 3.32. The monoisotopic (exact) mass is 403 g/mol. The van der Waals surface area contributed by atoms with Crippen molar-refractivity contribution in [3.63, 3.8) is 0 Å². The Morgan fingerprint density at radius 1 is 1.13 bits per heavy atom. The van der Waals surface area contributed by atoms with Gasteiger partial charge < -0.3 is 10.2 Å². The summed E-state index contributed by atoms with van der Waals surface area (Å²) in [6.07, 6.45) is -0.806. The maximum absolute atomic E-state index is 10.9. The fourth-order valence-corrected chi connectivity index (χ4v) is 2.31. The van der Waals surface area contributed by atoms with Crippen LogP contribution in [0, 0.1) is 0 Å². The first-order valence-electron chi connectivity index (χ1n) is 5.53. The molecule has 0 aliphatic heterocycles. The van der Waals surface area contributed by atoms with Crippen LogP contribution in [0.4, 0.5) is 5.69 Å². The molecule has 0 fully saturated rings. The second kappa shape index (κ2) is 10.5. The Morgan fingerprint density at radius 2 is 1.61 bits per heavy atom. The van der Waals surface area contributed by atoms with E-state index in [0.29, 0.717) is 0 Å². The Hall–Kier alpha value is -1.29. The number of amides is 1. The predicted molar refractivity (Wildman–Crippen MR) is 80.0 cm³/mol. The summed E-state index contributed by atoms with van der Waals surface area (Å²) in [5, 5.41) is 27.0. The molecule has 0 heterocycles. The zero-order chi connectivity index (χ0) is 17.5. The molecule has 1 aromatic rings. The SMILES string of the molecule is CC(=O)Nc1cc([As](=O)(O)O)ccc1O.O=C(O)CC(=O)O.[NaH]. The molecular formula is C11H15AsNNaO9. The van der Waals surface area contributed by atoms with Gasteiger partial charge in [-0.25, -0.2) is 0 Å². The molecule has 0 aliphatic carbocycles. The molecule has 0 spiro atoms. The summed E-state index contributed by atoms with van der Waals surface area (Å²) in [5.41, 5.74) is -0.00951. The number of nitrogens with one attached hydrogen (secondary N) is 1. The maximum atomic E-state index is 10.9. The second-order valence-corrected chi connectivity index (χ2v) is 7.26. The van der Waals surface area contributed by atoms with Crippen LogP contribution in [0.1, 0.15) is 13.3 Å². The molecule has 0 atom stereocenters. The minimum absolute atomic E-state index is 0. The van der Waals surface area contributed by atoms with Gasteiger partial charge in [-0.15, -0.1) is 0 Å². The fourth-order valence-electron chi connectivity index (χ4n) is 1.12. The van der Waals surface area contributed by atoms with Gasteiger partial charge in [0.25, 0.3) is 0 Å². The molecule has 0 saturated carbocycles. The Morgan fingerprint density at radius 3 is 1.91 bits per heavy atom. The van der Waals surface area contributed by atoms with Crippen molar-refractivity contribution in [2.24, 2.45) is 0 Å². The van der Waals surface area contributed by atoms with Crippen LogP contribution >= 0.6 is 0 Å². The van der Waals surface area contributed by atoms with Crippen LogP contribution in [-0.4, -0.2) is 85.1 Å². The van der Waals surface area contributed by atoms with E-state index in [1.54, 1.807) is 0 Å². The van der Waals surface area contributed by atoms with Crippen LogP contribution in [0.3, 0.4) is 0 Å². The first kappa shape index (κ1) is 24.0. The van der Waals surface area contributed by atoms with Crippen molar-refractivity contribution in [1.29, 1.82) is 0 Å². The molecule has 1 aromatic carbocycles. The van der Waals surface area contributed by atoms with Crippen LogP contribution in [0.25, 0.3) is 0 Å². The van der Waals surface area contributed by atoms with E-state index in [1.807, 2.05) is 0 Å². The van der Waals surface area contributed by atoms with Crippen LogP contribution in [0.5, 0.6) is 5.75 Å². The molecule has 23 heavy (non-hydrogen) atoms. The average Bonchev–Trinajstić information content (AvgIpc) is 2.28. The van der Waals surface area contributed by atoms with Crippen LogP contribution in [-0.2, 0) is 18.1 Å². The minimum atomic E-state index is -4.98. The van der Waals surface area contributed by atoms with E-state index in [0.717, 1.165) is 18.2 Å². The van der Waals surface area contributed by atoms with Crippen molar-refractivity contribution in [1.82, 2.24) is 0 Å². The van der Waals surface area contributed by atoms with Gasteiger partial charge in [-0.1, -0.05) is 0 Å². The topological polar surface area (TPSA) is 181 Å². The van der Waals surface area contributed by atoms with E-state index >= 15 is 0 Å². The number of anilines is 1. The molecule has 0 unspecified atom stereocenters. The van der Waals surface area contributed by atoms with Crippen molar-refractivity contribution in [2.75, 3.05) is 5.32 Å². The van der Waals surface area contributed by atoms with Crippen molar-refractivity contribution < 1.29 is 41.6 Å². The average molecular weight is 403 g/mol. The van der Waals surface area contributed by atoms with Gasteiger partial charge in [0, 0.05) is 0 Å². The molecule has 0 aliphatic rings. The van der Waals surface area contributed by atoms with Gasteiger partial charge in [-0.2, -0.15) is 0 Å². The molecule has 10 nitrogen and oxygen atoms in total. The van der Waals surface area contributed by atoms with Crippen LogP contribution in [0.15, 0.2) is 18.2 Å². The summed E-state index contributed by atoms with van der Waals surface area (Å²) in [5.74, 6) is -3.29. The molecule has 0 saturated heterocycles. The number of phenolic OH excluding ortho intramolecular Hbond substituents is 1. The van der Waals surface area contributed by atoms with Crippen LogP contribution < -0.4 is 9.67 Å². The third kappa shape index (κ3) is 11.0. The molecular weight excluding hydrogens is 388 g/mol. The first-order valence-corrected chi connectivity index (χ1v) is 8.92. The Balaban J connectivity index is 0. The number of benzene rings is 1. The Kier molecular flexibility index (Phi) is 10.9. The van der Waals surface area contributed by atoms with Crippen LogP contribution in [0.2, 0.25) is 0 Å². The van der Waals surface area contributed by atoms with Crippen molar-refractivity contribution in [3.05, 3.63) is 18.2 Å². The number of carboxylic acids is 2. The third-order valence-electron chi connectivity index (χ3n) is 1.93. The molecule has 6 N–H and O–H groups in total. The van der Waals surface area contributed by atoms with Gasteiger partial charge >= 0.3 is 130 Å². The predicted octanol–water partition coefficient (Wildman–Crippen LogP) is -2.19. The summed E-state index contributed by atoms with van der Waals surface area (Å²) in [7, 11) is 0. The summed E-state index contributed by atoms with van der Waals surface area (Å²) < 4.78 is 28.6. The van der Waals surface area contributed by atoms with Crippen molar-refractivity contribution in [2.45, 2.75) is 13.3 Å². The second-order valence-electron chi connectivity index (χ2n) is 3.89. The number of carbonyl (C=O) groups is 3. The van der Waals surface area contributed by atoms with E-state index < -0.39 is 38.4 Å². The molecule has 1 rings (SSSR count). The molecule has 124 valence electrons. The fraction of sp³-hybridized carbons (Fsp3) is 0.182. The zero-order valence-electron chi connectivity index (χ0n) is 11.3. The van der Waals surface area contributed by atoms with Gasteiger partial charge in [0.05, 0.1) is 0 Å². The Labute approximate surface area is 155 Å². The van der Waals surface area contributed by atoms with E-state index in [9.17, 15) is 23.2 Å². The standard InChI is InChI=1S/C8H10AsNO5.C3H4O4.Na.H/c1-5(11)10-7-4-6(9(13,14)15)2-3-8(7)12;4-2(5)1-3(6)7;;/h2-4,12H,1H3,(H,10,11)(H2,13,14,15);1H2,(H,4,5)(H,6,7);;. The number of rotatable bonds is 4. The van der Waals surface area contributed by atoms with Crippen molar-refractivity contribution >= 4 is 71.6 Å². The molecule has 1 amide bonds. The number of phenols is 1. The summed E-state index contributed by atoms with van der Waals surface area (Å²) in [6.45, 7) is 1.23. The molecule has 0 bridgehead atoms. The summed E-state index contributed by atoms with van der Waals surface area (Å²) in [4.78, 5) is 29.6. The number of aliphatic carboxylic acids is 2. The zero-order valence-corrected chi connectivity index (χ0v) is 13.1. The van der Waals surface area contributed by atoms with Gasteiger partial charge in [-0.3, -0.25) is 9.59 Å². The van der Waals surface area contributed by atoms with E-state index in [-0.39, 0.29) is 45.3 Å². The van der Waals surface area contributed by atoms with E-state index in [4.69, 9.17) is 18.4 Å². The molecule has 12 heteroatoms. The number of carbonyl (C=O) groups excluding carboxylic acids is 1. The number of carboxylic acid groups (broad SMARTS) is 2. The normalized spacial score (nSPS) is 9.70. The third-order valence-corrected chi connectivity index (χ3v) is 3.92. The van der Waals surface area contributed by atoms with Gasteiger partial charge in [0.15, 0.2) is 0 Å². The molecule has 0 radical (unpaired) electrons.